The summed E-state index contributed by atoms with van der Waals surface area (Å²) in [5.41, 5.74) is 2.61. The van der Waals surface area contributed by atoms with E-state index in [0.717, 1.165) is 17.7 Å². The molecule has 1 aromatic carbocycles. The standard InChI is InChI=1S/C24H28IN3O5/c1-26(2)8-5-9-27(23(30)15-11-19(32-3)20(33-4)12-17(15)25)21-16-10-14-6-7-18(16)28(13-14)24(31)22(21)29/h6-7,10-12,18,29,31H,5,8-9,13H2,1-4H3. The van der Waals surface area contributed by atoms with E-state index in [1.165, 1.54) is 7.11 Å². The molecular formula is C24H28IN3O5. The average Bonchev–Trinajstić information content (AvgIpc) is 2.81. The Morgan fingerprint density at radius 1 is 1.18 bits per heavy atom. The fourth-order valence-electron chi connectivity index (χ4n) is 4.42. The van der Waals surface area contributed by atoms with Gasteiger partial charge in [0.1, 0.15) is 0 Å². The highest BCUT2D eigenvalue weighted by atomic mass is 127. The Bertz CT molecular complexity index is 1110. The van der Waals surface area contributed by atoms with Crippen molar-refractivity contribution in [2.24, 2.45) is 0 Å². The van der Waals surface area contributed by atoms with Crippen molar-refractivity contribution in [1.82, 2.24) is 14.7 Å². The molecule has 4 bridgehead atoms. The number of aliphatic hydroxyl groups is 2. The molecule has 1 aromatic rings. The number of benzene rings is 1. The molecule has 0 radical (unpaired) electrons. The van der Waals surface area contributed by atoms with Crippen molar-refractivity contribution in [1.29, 1.82) is 0 Å². The van der Waals surface area contributed by atoms with Crippen LogP contribution in [-0.4, -0.2) is 84.8 Å². The van der Waals surface area contributed by atoms with Gasteiger partial charge in [0.15, 0.2) is 11.5 Å². The SMILES string of the molecule is COc1cc(I)c(C(=O)N(CCCN(C)C)C2=C3C=C4C=CC3N(C4)C(O)=C2O)cc1OC. The predicted molar refractivity (Wildman–Crippen MR) is 133 cm³/mol. The number of rotatable bonds is 8. The van der Waals surface area contributed by atoms with E-state index < -0.39 is 0 Å². The van der Waals surface area contributed by atoms with Gasteiger partial charge in [0.05, 0.1) is 31.5 Å². The molecule has 2 N–H and O–H groups in total. The molecular weight excluding hydrogens is 537 g/mol. The van der Waals surface area contributed by atoms with Gasteiger partial charge in [0, 0.05) is 22.2 Å². The normalized spacial score (nSPS) is 18.8. The Kier molecular flexibility index (Phi) is 6.62. The minimum atomic E-state index is -0.279. The fraction of sp³-hybridized carbons (Fsp3) is 0.375. The Labute approximate surface area is 207 Å². The lowest BCUT2D eigenvalue weighted by Crippen LogP contribution is -2.48. The summed E-state index contributed by atoms with van der Waals surface area (Å²) in [6.07, 6.45) is 6.70. The first kappa shape index (κ1) is 23.5. The van der Waals surface area contributed by atoms with Crippen LogP contribution < -0.4 is 9.47 Å². The Morgan fingerprint density at radius 3 is 2.52 bits per heavy atom. The van der Waals surface area contributed by atoms with Gasteiger partial charge in [0.2, 0.25) is 11.6 Å². The van der Waals surface area contributed by atoms with Gasteiger partial charge < -0.3 is 34.4 Å². The first-order valence-electron chi connectivity index (χ1n) is 10.7. The highest BCUT2D eigenvalue weighted by Crippen LogP contribution is 2.41. The van der Waals surface area contributed by atoms with Gasteiger partial charge in [-0.15, -0.1) is 0 Å². The summed E-state index contributed by atoms with van der Waals surface area (Å²) >= 11 is 2.10. The summed E-state index contributed by atoms with van der Waals surface area (Å²) < 4.78 is 11.5. The van der Waals surface area contributed by atoms with Crippen LogP contribution >= 0.6 is 22.6 Å². The van der Waals surface area contributed by atoms with E-state index in [1.807, 2.05) is 37.2 Å². The summed E-state index contributed by atoms with van der Waals surface area (Å²) in [6.45, 7) is 1.66. The highest BCUT2D eigenvalue weighted by molar-refractivity contribution is 14.1. The van der Waals surface area contributed by atoms with E-state index in [9.17, 15) is 15.0 Å². The van der Waals surface area contributed by atoms with Crippen LogP contribution in [0.5, 0.6) is 11.5 Å². The molecule has 33 heavy (non-hydrogen) atoms. The van der Waals surface area contributed by atoms with Gasteiger partial charge in [-0.05, 0) is 73.4 Å². The minimum Gasteiger partial charge on any atom is -0.502 e. The zero-order valence-corrected chi connectivity index (χ0v) is 21.3. The number of amides is 1. The first-order chi connectivity index (χ1) is 15.8. The second-order valence-corrected chi connectivity index (χ2v) is 9.59. The summed E-state index contributed by atoms with van der Waals surface area (Å²) in [4.78, 5) is 19.3. The summed E-state index contributed by atoms with van der Waals surface area (Å²) in [6, 6.07) is 3.20. The Balaban J connectivity index is 1.81. The van der Waals surface area contributed by atoms with Crippen LogP contribution in [-0.2, 0) is 0 Å². The largest absolute Gasteiger partial charge is 0.502 e. The summed E-state index contributed by atoms with van der Waals surface area (Å²) in [7, 11) is 7.02. The van der Waals surface area contributed by atoms with E-state index in [2.05, 4.69) is 22.6 Å². The molecule has 1 unspecified atom stereocenters. The number of carbonyl (C=O) groups excluding carboxylic acids is 1. The number of ether oxygens (including phenoxy) is 2. The van der Waals surface area contributed by atoms with Crippen molar-refractivity contribution in [2.45, 2.75) is 12.5 Å². The van der Waals surface area contributed by atoms with Gasteiger partial charge in [0.25, 0.3) is 5.91 Å². The molecule has 4 aliphatic rings. The van der Waals surface area contributed by atoms with E-state index in [1.54, 1.807) is 29.0 Å². The molecule has 8 nitrogen and oxygen atoms in total. The topological polar surface area (TPSA) is 85.7 Å². The van der Waals surface area contributed by atoms with Crippen LogP contribution in [0.1, 0.15) is 16.8 Å². The van der Waals surface area contributed by atoms with Crippen molar-refractivity contribution in [2.75, 3.05) is 47.9 Å². The number of halogens is 1. The van der Waals surface area contributed by atoms with Crippen molar-refractivity contribution in [3.8, 4) is 11.5 Å². The summed E-state index contributed by atoms with van der Waals surface area (Å²) in [5, 5.41) is 21.8. The van der Waals surface area contributed by atoms with Crippen molar-refractivity contribution in [3.63, 3.8) is 0 Å². The van der Waals surface area contributed by atoms with Gasteiger partial charge in [-0.3, -0.25) is 4.79 Å². The molecule has 0 saturated carbocycles. The van der Waals surface area contributed by atoms with Crippen molar-refractivity contribution < 1.29 is 24.5 Å². The minimum absolute atomic E-state index is 0.207. The van der Waals surface area contributed by atoms with E-state index in [-0.39, 0.29) is 23.6 Å². The van der Waals surface area contributed by atoms with Gasteiger partial charge in [-0.2, -0.15) is 0 Å². The van der Waals surface area contributed by atoms with Crippen molar-refractivity contribution >= 4 is 28.5 Å². The highest BCUT2D eigenvalue weighted by Gasteiger charge is 2.41. The quantitative estimate of drug-likeness (QED) is 0.468. The second-order valence-electron chi connectivity index (χ2n) is 8.43. The average molecular weight is 565 g/mol. The third kappa shape index (κ3) is 4.19. The molecule has 0 fully saturated rings. The number of aliphatic hydroxyl groups excluding tert-OH is 2. The molecule has 0 spiro atoms. The van der Waals surface area contributed by atoms with Gasteiger partial charge in [-0.25, -0.2) is 0 Å². The Morgan fingerprint density at radius 2 is 1.88 bits per heavy atom. The van der Waals surface area contributed by atoms with Crippen LogP contribution in [0.2, 0.25) is 0 Å². The fourth-order valence-corrected chi connectivity index (χ4v) is 5.09. The van der Waals surface area contributed by atoms with Crippen LogP contribution in [0.4, 0.5) is 0 Å². The predicted octanol–water partition coefficient (Wildman–Crippen LogP) is 3.44. The molecule has 0 aromatic heterocycles. The lowest BCUT2D eigenvalue weighted by Gasteiger charge is -2.44. The molecule has 176 valence electrons. The zero-order valence-electron chi connectivity index (χ0n) is 19.1. The molecule has 3 heterocycles. The number of hydrogen-bond acceptors (Lipinski definition) is 7. The molecule has 0 saturated heterocycles. The maximum absolute atomic E-state index is 13.9. The number of nitrogens with zero attached hydrogens (tertiary/aromatic N) is 3. The molecule has 3 aliphatic heterocycles. The summed E-state index contributed by atoms with van der Waals surface area (Å²) in [5.74, 6) is 0.221. The molecule has 5 rings (SSSR count). The lowest BCUT2D eigenvalue weighted by molar-refractivity contribution is 0.0770. The molecule has 1 amide bonds. The van der Waals surface area contributed by atoms with E-state index in [4.69, 9.17) is 9.47 Å². The van der Waals surface area contributed by atoms with Crippen LogP contribution in [0.25, 0.3) is 0 Å². The van der Waals surface area contributed by atoms with Crippen molar-refractivity contribution in [3.05, 3.63) is 68.0 Å². The third-order valence-corrected chi connectivity index (χ3v) is 6.92. The third-order valence-electron chi connectivity index (χ3n) is 6.03. The molecule has 9 heteroatoms. The monoisotopic (exact) mass is 565 g/mol. The Hall–Kier alpha value is -2.66. The smallest absolute Gasteiger partial charge is 0.259 e. The van der Waals surface area contributed by atoms with Gasteiger partial charge in [-0.1, -0.05) is 12.2 Å². The maximum Gasteiger partial charge on any atom is 0.259 e. The lowest BCUT2D eigenvalue weighted by atomic mass is 9.86. The van der Waals surface area contributed by atoms with Crippen LogP contribution in [0.15, 0.2) is 58.8 Å². The van der Waals surface area contributed by atoms with Gasteiger partial charge >= 0.3 is 0 Å². The number of carbonyl (C=O) groups is 1. The molecule has 1 atom stereocenters. The van der Waals surface area contributed by atoms with Crippen LogP contribution in [0.3, 0.4) is 0 Å². The number of methoxy groups -OCH3 is 2. The zero-order chi connectivity index (χ0) is 23.9. The molecule has 1 aliphatic carbocycles. The van der Waals surface area contributed by atoms with E-state index in [0.29, 0.717) is 45.8 Å². The second kappa shape index (κ2) is 9.30. The van der Waals surface area contributed by atoms with E-state index >= 15 is 0 Å². The first-order valence-corrected chi connectivity index (χ1v) is 11.7. The maximum atomic E-state index is 13.9. The van der Waals surface area contributed by atoms with Crippen LogP contribution in [0, 0.1) is 3.57 Å². The number of hydrogen-bond donors (Lipinski definition) is 2.